The van der Waals surface area contributed by atoms with Gasteiger partial charge in [-0.05, 0) is 49.6 Å². The smallest absolute Gasteiger partial charge is 0.251 e. The maximum atomic E-state index is 12.0. The number of nitrogens with zero attached hydrogens (tertiary/aromatic N) is 1. The quantitative estimate of drug-likeness (QED) is 0.887. The Morgan fingerprint density at radius 3 is 2.62 bits per heavy atom. The molecule has 0 aliphatic carbocycles. The molecule has 1 atom stereocenters. The van der Waals surface area contributed by atoms with Gasteiger partial charge in [0.15, 0.2) is 0 Å². The molecule has 2 amide bonds. The molecule has 0 bridgehead atoms. The van der Waals surface area contributed by atoms with Gasteiger partial charge in [-0.15, -0.1) is 0 Å². The van der Waals surface area contributed by atoms with Crippen LogP contribution in [0.4, 0.5) is 5.69 Å². The molecule has 1 aromatic rings. The maximum absolute atomic E-state index is 12.0. The van der Waals surface area contributed by atoms with Crippen molar-refractivity contribution in [2.24, 2.45) is 5.92 Å². The van der Waals surface area contributed by atoms with E-state index in [2.05, 4.69) is 22.5 Å². The van der Waals surface area contributed by atoms with Crippen molar-refractivity contribution in [2.75, 3.05) is 32.0 Å². The van der Waals surface area contributed by atoms with Crippen LogP contribution in [0.15, 0.2) is 24.3 Å². The highest BCUT2D eigenvalue weighted by Gasteiger charge is 2.18. The molecule has 1 fully saturated rings. The Kier molecular flexibility index (Phi) is 5.33. The van der Waals surface area contributed by atoms with Crippen LogP contribution in [0.3, 0.4) is 0 Å². The Hall–Kier alpha value is -1.88. The van der Waals surface area contributed by atoms with E-state index in [-0.39, 0.29) is 11.8 Å². The molecule has 21 heavy (non-hydrogen) atoms. The molecule has 5 nitrogen and oxygen atoms in total. The van der Waals surface area contributed by atoms with Gasteiger partial charge in [0.1, 0.15) is 0 Å². The zero-order valence-corrected chi connectivity index (χ0v) is 12.7. The standard InChI is InChI=1S/C16H23N3O2/c1-12-4-3-9-19(10-12)11-15(20)18-14-7-5-13(6-8-14)16(21)17-2/h5-8,12H,3-4,9-11H2,1-2H3,(H,17,21)(H,18,20)/t12-/m1/s1. The minimum absolute atomic E-state index is 0.00297. The fourth-order valence-electron chi connectivity index (χ4n) is 2.68. The molecule has 0 spiro atoms. The number of carbonyl (C=O) groups excluding carboxylic acids is 2. The lowest BCUT2D eigenvalue weighted by Gasteiger charge is -2.30. The van der Waals surface area contributed by atoms with Crippen LogP contribution < -0.4 is 10.6 Å². The molecule has 0 saturated carbocycles. The zero-order chi connectivity index (χ0) is 15.2. The number of hydrogen-bond donors (Lipinski definition) is 2. The van der Waals surface area contributed by atoms with E-state index in [4.69, 9.17) is 0 Å². The van der Waals surface area contributed by atoms with E-state index < -0.39 is 0 Å². The highest BCUT2D eigenvalue weighted by Crippen LogP contribution is 2.15. The van der Waals surface area contributed by atoms with Gasteiger partial charge in [0.2, 0.25) is 5.91 Å². The fraction of sp³-hybridized carbons (Fsp3) is 0.500. The third-order valence-electron chi connectivity index (χ3n) is 3.77. The van der Waals surface area contributed by atoms with E-state index in [9.17, 15) is 9.59 Å². The maximum Gasteiger partial charge on any atom is 0.251 e. The molecule has 0 unspecified atom stereocenters. The van der Waals surface area contributed by atoms with Crippen LogP contribution in [-0.4, -0.2) is 43.4 Å². The molecule has 1 saturated heterocycles. The summed E-state index contributed by atoms with van der Waals surface area (Å²) >= 11 is 0. The number of anilines is 1. The van der Waals surface area contributed by atoms with Crippen LogP contribution in [0.1, 0.15) is 30.1 Å². The van der Waals surface area contributed by atoms with Gasteiger partial charge in [0, 0.05) is 24.8 Å². The highest BCUT2D eigenvalue weighted by atomic mass is 16.2. The van der Waals surface area contributed by atoms with Crippen molar-refractivity contribution >= 4 is 17.5 Å². The molecule has 1 heterocycles. The minimum atomic E-state index is -0.129. The average molecular weight is 289 g/mol. The van der Waals surface area contributed by atoms with E-state index in [1.807, 2.05) is 0 Å². The van der Waals surface area contributed by atoms with Crippen LogP contribution >= 0.6 is 0 Å². The largest absolute Gasteiger partial charge is 0.355 e. The lowest BCUT2D eigenvalue weighted by molar-refractivity contribution is -0.117. The summed E-state index contributed by atoms with van der Waals surface area (Å²) in [6.45, 7) is 4.64. The number of likely N-dealkylation sites (tertiary alicyclic amines) is 1. The molecule has 0 aromatic heterocycles. The zero-order valence-electron chi connectivity index (χ0n) is 12.7. The first-order valence-electron chi connectivity index (χ1n) is 7.43. The predicted octanol–water partition coefficient (Wildman–Crippen LogP) is 1.72. The molecule has 1 aliphatic rings. The monoisotopic (exact) mass is 289 g/mol. The van der Waals surface area contributed by atoms with Gasteiger partial charge in [0.05, 0.1) is 6.54 Å². The van der Waals surface area contributed by atoms with E-state index in [1.54, 1.807) is 31.3 Å². The van der Waals surface area contributed by atoms with Crippen LogP contribution in [0.5, 0.6) is 0 Å². The van der Waals surface area contributed by atoms with E-state index in [0.717, 1.165) is 25.2 Å². The summed E-state index contributed by atoms with van der Waals surface area (Å²) in [5, 5.41) is 5.44. The van der Waals surface area contributed by atoms with Crippen LogP contribution in [0.2, 0.25) is 0 Å². The third kappa shape index (κ3) is 4.56. The Balaban J connectivity index is 1.86. The van der Waals surface area contributed by atoms with Crippen molar-refractivity contribution < 1.29 is 9.59 Å². The average Bonchev–Trinajstić information content (AvgIpc) is 2.47. The summed E-state index contributed by atoms with van der Waals surface area (Å²) in [7, 11) is 1.59. The van der Waals surface area contributed by atoms with E-state index in [0.29, 0.717) is 18.0 Å². The summed E-state index contributed by atoms with van der Waals surface area (Å²) in [4.78, 5) is 25.7. The van der Waals surface area contributed by atoms with Gasteiger partial charge >= 0.3 is 0 Å². The first kappa shape index (κ1) is 15.5. The molecule has 0 radical (unpaired) electrons. The molecule has 5 heteroatoms. The lowest BCUT2D eigenvalue weighted by Crippen LogP contribution is -2.39. The molecule has 114 valence electrons. The second kappa shape index (κ2) is 7.22. The highest BCUT2D eigenvalue weighted by molar-refractivity contribution is 5.96. The second-order valence-electron chi connectivity index (χ2n) is 5.69. The normalized spacial score (nSPS) is 19.0. The van der Waals surface area contributed by atoms with Crippen molar-refractivity contribution in [1.82, 2.24) is 10.2 Å². The van der Waals surface area contributed by atoms with Gasteiger partial charge in [-0.2, -0.15) is 0 Å². The summed E-state index contributed by atoms with van der Waals surface area (Å²) in [6, 6.07) is 6.91. The summed E-state index contributed by atoms with van der Waals surface area (Å²) < 4.78 is 0. The van der Waals surface area contributed by atoms with Crippen molar-refractivity contribution in [2.45, 2.75) is 19.8 Å². The Morgan fingerprint density at radius 2 is 2.00 bits per heavy atom. The van der Waals surface area contributed by atoms with Gasteiger partial charge < -0.3 is 10.6 Å². The van der Waals surface area contributed by atoms with Crippen molar-refractivity contribution in [3.05, 3.63) is 29.8 Å². The van der Waals surface area contributed by atoms with Gasteiger partial charge in [-0.3, -0.25) is 14.5 Å². The Labute approximate surface area is 125 Å². The fourth-order valence-corrected chi connectivity index (χ4v) is 2.68. The topological polar surface area (TPSA) is 61.4 Å². The predicted molar refractivity (Wildman–Crippen MR) is 83.3 cm³/mol. The number of benzene rings is 1. The number of carbonyl (C=O) groups is 2. The Morgan fingerprint density at radius 1 is 1.29 bits per heavy atom. The number of amides is 2. The van der Waals surface area contributed by atoms with Gasteiger partial charge in [-0.1, -0.05) is 6.92 Å². The number of rotatable bonds is 4. The molecule has 2 N–H and O–H groups in total. The van der Waals surface area contributed by atoms with Crippen molar-refractivity contribution in [1.29, 1.82) is 0 Å². The van der Waals surface area contributed by atoms with Crippen molar-refractivity contribution in [3.63, 3.8) is 0 Å². The van der Waals surface area contributed by atoms with E-state index >= 15 is 0 Å². The summed E-state index contributed by atoms with van der Waals surface area (Å²) in [5.41, 5.74) is 1.30. The SMILES string of the molecule is CNC(=O)c1ccc(NC(=O)CN2CCC[C@@H](C)C2)cc1. The van der Waals surface area contributed by atoms with E-state index in [1.165, 1.54) is 6.42 Å². The lowest BCUT2D eigenvalue weighted by atomic mass is 10.0. The Bertz CT molecular complexity index is 499. The third-order valence-corrected chi connectivity index (χ3v) is 3.77. The summed E-state index contributed by atoms with van der Waals surface area (Å²) in [6.07, 6.45) is 2.41. The molecular weight excluding hydrogens is 266 g/mol. The number of piperidine rings is 1. The van der Waals surface area contributed by atoms with Crippen LogP contribution in [-0.2, 0) is 4.79 Å². The molecule has 1 aromatic carbocycles. The molecule has 2 rings (SSSR count). The minimum Gasteiger partial charge on any atom is -0.355 e. The van der Waals surface area contributed by atoms with Crippen LogP contribution in [0.25, 0.3) is 0 Å². The number of hydrogen-bond acceptors (Lipinski definition) is 3. The second-order valence-corrected chi connectivity index (χ2v) is 5.69. The van der Waals surface area contributed by atoms with Gasteiger partial charge in [0.25, 0.3) is 5.91 Å². The molecule has 1 aliphatic heterocycles. The summed E-state index contributed by atoms with van der Waals surface area (Å²) in [5.74, 6) is 0.533. The molecular formula is C16H23N3O2. The van der Waals surface area contributed by atoms with Crippen LogP contribution in [0, 0.1) is 5.92 Å². The number of nitrogens with one attached hydrogen (secondary N) is 2. The first-order chi connectivity index (χ1) is 10.1. The van der Waals surface area contributed by atoms with Crippen molar-refractivity contribution in [3.8, 4) is 0 Å². The van der Waals surface area contributed by atoms with Gasteiger partial charge in [-0.25, -0.2) is 0 Å². The first-order valence-corrected chi connectivity index (χ1v) is 7.43.